The molecular formula is C15H20N2O3S. The predicted molar refractivity (Wildman–Crippen MR) is 82.3 cm³/mol. The molecule has 5 nitrogen and oxygen atoms in total. The van der Waals surface area contributed by atoms with Crippen LogP contribution in [0.5, 0.6) is 0 Å². The maximum atomic E-state index is 12.7. The number of sulfonamides is 1. The van der Waals surface area contributed by atoms with E-state index in [1.54, 1.807) is 31.5 Å². The highest BCUT2D eigenvalue weighted by atomic mass is 32.2. The van der Waals surface area contributed by atoms with Crippen LogP contribution in [0.1, 0.15) is 23.8 Å². The summed E-state index contributed by atoms with van der Waals surface area (Å²) < 4.78 is 32.0. The number of benzene rings is 1. The lowest BCUT2D eigenvalue weighted by molar-refractivity contribution is 0.458. The number of furan rings is 1. The van der Waals surface area contributed by atoms with Gasteiger partial charge >= 0.3 is 0 Å². The van der Waals surface area contributed by atoms with Crippen molar-refractivity contribution in [2.75, 3.05) is 12.8 Å². The summed E-state index contributed by atoms with van der Waals surface area (Å²) >= 11 is 0. The van der Waals surface area contributed by atoms with Gasteiger partial charge in [0.1, 0.15) is 5.76 Å². The minimum absolute atomic E-state index is 0.266. The molecular weight excluding hydrogens is 288 g/mol. The number of hydrogen-bond acceptors (Lipinski definition) is 4. The molecule has 2 N–H and O–H groups in total. The highest BCUT2D eigenvalue weighted by molar-refractivity contribution is 7.89. The average molecular weight is 308 g/mol. The number of hydrogen-bond donors (Lipinski definition) is 1. The van der Waals surface area contributed by atoms with Crippen molar-refractivity contribution in [3.8, 4) is 0 Å². The fraction of sp³-hybridized carbons (Fsp3) is 0.333. The van der Waals surface area contributed by atoms with Crippen molar-refractivity contribution in [2.24, 2.45) is 0 Å². The molecule has 6 heteroatoms. The Morgan fingerprint density at radius 1 is 1.24 bits per heavy atom. The first-order valence-electron chi connectivity index (χ1n) is 6.74. The van der Waals surface area contributed by atoms with E-state index in [2.05, 4.69) is 0 Å². The lowest BCUT2D eigenvalue weighted by atomic mass is 10.1. The van der Waals surface area contributed by atoms with Gasteiger partial charge in [-0.3, -0.25) is 0 Å². The topological polar surface area (TPSA) is 76.5 Å². The molecule has 0 atom stereocenters. The first kappa shape index (κ1) is 15.6. The van der Waals surface area contributed by atoms with E-state index >= 15 is 0 Å². The van der Waals surface area contributed by atoms with Crippen molar-refractivity contribution in [1.29, 1.82) is 0 Å². The van der Waals surface area contributed by atoms with Crippen LogP contribution in [0, 0.1) is 6.92 Å². The summed E-state index contributed by atoms with van der Waals surface area (Å²) in [6, 6.07) is 6.78. The second kappa shape index (κ2) is 5.91. The first-order chi connectivity index (χ1) is 9.86. The van der Waals surface area contributed by atoms with Crippen molar-refractivity contribution < 1.29 is 12.8 Å². The molecule has 0 radical (unpaired) electrons. The third kappa shape index (κ3) is 3.11. The van der Waals surface area contributed by atoms with Gasteiger partial charge < -0.3 is 10.2 Å². The third-order valence-electron chi connectivity index (χ3n) is 3.52. The largest absolute Gasteiger partial charge is 0.469 e. The van der Waals surface area contributed by atoms with Gasteiger partial charge in [0.2, 0.25) is 10.0 Å². The van der Waals surface area contributed by atoms with Crippen LogP contribution in [-0.2, 0) is 23.0 Å². The van der Waals surface area contributed by atoms with Crippen LogP contribution < -0.4 is 5.73 Å². The van der Waals surface area contributed by atoms with Crippen LogP contribution in [-0.4, -0.2) is 19.8 Å². The number of nitrogens with zero attached hydrogens (tertiary/aromatic N) is 1. The summed E-state index contributed by atoms with van der Waals surface area (Å²) in [5, 5.41) is 0. The number of rotatable bonds is 5. The van der Waals surface area contributed by atoms with Crippen molar-refractivity contribution in [1.82, 2.24) is 4.31 Å². The molecule has 1 aromatic carbocycles. The van der Waals surface area contributed by atoms with Crippen molar-refractivity contribution in [3.05, 3.63) is 47.4 Å². The van der Waals surface area contributed by atoms with Gasteiger partial charge in [0.05, 0.1) is 11.2 Å². The van der Waals surface area contributed by atoms with Crippen LogP contribution in [0.25, 0.3) is 0 Å². The summed E-state index contributed by atoms with van der Waals surface area (Å²) in [5.41, 5.74) is 7.80. The predicted octanol–water partition coefficient (Wildman–Crippen LogP) is 2.55. The van der Waals surface area contributed by atoms with Crippen molar-refractivity contribution in [3.63, 3.8) is 0 Å². The molecule has 0 saturated carbocycles. The maximum absolute atomic E-state index is 12.7. The normalized spacial score (nSPS) is 12.0. The molecule has 2 rings (SSSR count). The van der Waals surface area contributed by atoms with Gasteiger partial charge in [0.25, 0.3) is 0 Å². The molecule has 0 aliphatic heterocycles. The molecule has 0 unspecified atom stereocenters. The Morgan fingerprint density at radius 2 is 1.95 bits per heavy atom. The molecule has 1 aromatic heterocycles. The number of aryl methyl sites for hydroxylation is 2. The van der Waals surface area contributed by atoms with E-state index in [1.807, 2.05) is 13.8 Å². The van der Waals surface area contributed by atoms with Gasteiger partial charge in [0.15, 0.2) is 0 Å². The van der Waals surface area contributed by atoms with Crippen LogP contribution in [0.4, 0.5) is 5.69 Å². The minimum atomic E-state index is -3.59. The van der Waals surface area contributed by atoms with Crippen molar-refractivity contribution in [2.45, 2.75) is 31.7 Å². The highest BCUT2D eigenvalue weighted by Crippen LogP contribution is 2.24. The Balaban J connectivity index is 2.37. The summed E-state index contributed by atoms with van der Waals surface area (Å²) in [4.78, 5) is 0.272. The number of nitrogen functional groups attached to an aromatic ring is 1. The third-order valence-corrected chi connectivity index (χ3v) is 5.41. The summed E-state index contributed by atoms with van der Waals surface area (Å²) in [7, 11) is -2.03. The molecule has 2 aromatic rings. The Morgan fingerprint density at radius 3 is 2.52 bits per heavy atom. The van der Waals surface area contributed by atoms with Gasteiger partial charge in [-0.2, -0.15) is 4.31 Å². The zero-order valence-electron chi connectivity index (χ0n) is 12.5. The fourth-order valence-electron chi connectivity index (χ4n) is 2.17. The smallest absolute Gasteiger partial charge is 0.243 e. The van der Waals surface area contributed by atoms with Gasteiger partial charge in [0, 0.05) is 24.8 Å². The molecule has 0 amide bonds. The zero-order chi connectivity index (χ0) is 15.6. The quantitative estimate of drug-likeness (QED) is 0.861. The van der Waals surface area contributed by atoms with Gasteiger partial charge in [-0.25, -0.2) is 8.42 Å². The highest BCUT2D eigenvalue weighted by Gasteiger charge is 2.24. The van der Waals surface area contributed by atoms with E-state index in [0.29, 0.717) is 12.1 Å². The summed E-state index contributed by atoms with van der Waals surface area (Å²) in [5.74, 6) is 0.723. The lowest BCUT2D eigenvalue weighted by Crippen LogP contribution is -2.27. The fourth-order valence-corrected chi connectivity index (χ4v) is 3.64. The van der Waals surface area contributed by atoms with Gasteiger partial charge in [-0.1, -0.05) is 13.0 Å². The SMILES string of the molecule is CCc1ccc(N)cc1S(=O)(=O)N(C)Cc1ccoc1C. The Hall–Kier alpha value is -1.79. The molecule has 0 aliphatic carbocycles. The van der Waals surface area contributed by atoms with E-state index in [-0.39, 0.29) is 11.4 Å². The molecule has 114 valence electrons. The molecule has 0 spiro atoms. The monoisotopic (exact) mass is 308 g/mol. The van der Waals surface area contributed by atoms with Crippen LogP contribution in [0.2, 0.25) is 0 Å². The van der Waals surface area contributed by atoms with Gasteiger partial charge in [-0.05, 0) is 37.1 Å². The minimum Gasteiger partial charge on any atom is -0.469 e. The van der Waals surface area contributed by atoms with Crippen molar-refractivity contribution >= 4 is 15.7 Å². The lowest BCUT2D eigenvalue weighted by Gasteiger charge is -2.19. The summed E-state index contributed by atoms with van der Waals surface area (Å²) in [6.07, 6.45) is 2.19. The average Bonchev–Trinajstić information content (AvgIpc) is 2.84. The van der Waals surface area contributed by atoms with Crippen LogP contribution in [0.15, 0.2) is 39.8 Å². The zero-order valence-corrected chi connectivity index (χ0v) is 13.3. The van der Waals surface area contributed by atoms with E-state index in [1.165, 1.54) is 10.4 Å². The number of nitrogens with two attached hydrogens (primary N) is 1. The molecule has 0 fully saturated rings. The van der Waals surface area contributed by atoms with E-state index < -0.39 is 10.0 Å². The second-order valence-corrected chi connectivity index (χ2v) is 7.00. The first-order valence-corrected chi connectivity index (χ1v) is 8.18. The molecule has 0 aliphatic rings. The Bertz CT molecular complexity index is 735. The number of anilines is 1. The molecule has 1 heterocycles. The molecule has 21 heavy (non-hydrogen) atoms. The maximum Gasteiger partial charge on any atom is 0.243 e. The molecule has 0 bridgehead atoms. The summed E-state index contributed by atoms with van der Waals surface area (Å²) in [6.45, 7) is 4.00. The molecule has 0 saturated heterocycles. The van der Waals surface area contributed by atoms with E-state index in [0.717, 1.165) is 16.9 Å². The van der Waals surface area contributed by atoms with E-state index in [9.17, 15) is 8.42 Å². The second-order valence-electron chi connectivity index (χ2n) is 4.98. The standard InChI is InChI=1S/C15H20N2O3S/c1-4-12-5-6-14(16)9-15(12)21(18,19)17(3)10-13-7-8-20-11(13)2/h5-9H,4,10,16H2,1-3H3. The Labute approximate surface area is 125 Å². The Kier molecular flexibility index (Phi) is 4.39. The van der Waals surface area contributed by atoms with Crippen LogP contribution >= 0.6 is 0 Å². The van der Waals surface area contributed by atoms with Gasteiger partial charge in [-0.15, -0.1) is 0 Å². The van der Waals surface area contributed by atoms with Crippen LogP contribution in [0.3, 0.4) is 0 Å². The van der Waals surface area contributed by atoms with E-state index in [4.69, 9.17) is 10.2 Å².